The maximum Gasteiger partial charge on any atom is 0.239 e. The Morgan fingerprint density at radius 1 is 1.21 bits per heavy atom. The van der Waals surface area contributed by atoms with Gasteiger partial charge in [-0.2, -0.15) is 5.10 Å². The molecule has 8 nitrogen and oxygen atoms in total. The van der Waals surface area contributed by atoms with Crippen LogP contribution >= 0.6 is 0 Å². The molecule has 1 amide bonds. The minimum atomic E-state index is -0.428. The van der Waals surface area contributed by atoms with E-state index in [1.54, 1.807) is 10.9 Å². The van der Waals surface area contributed by atoms with Crippen LogP contribution in [0.25, 0.3) is 11.0 Å². The second kappa shape index (κ2) is 6.35. The van der Waals surface area contributed by atoms with Gasteiger partial charge in [-0.3, -0.25) is 9.48 Å². The number of hydrogen-bond donors (Lipinski definition) is 1. The molecule has 1 aliphatic heterocycles. The number of nitrogens with zero attached hydrogens (tertiary/aromatic N) is 6. The molecule has 1 aliphatic rings. The number of aromatic nitrogens is 4. The number of nitrogens with two attached hydrogens (primary N) is 1. The molecule has 1 saturated heterocycles. The molecule has 0 spiro atoms. The summed E-state index contributed by atoms with van der Waals surface area (Å²) in [6.45, 7) is 8.61. The average molecular weight is 331 g/mol. The molecule has 0 aromatic carbocycles. The lowest BCUT2D eigenvalue weighted by molar-refractivity contribution is -0.133. The first-order valence-corrected chi connectivity index (χ1v) is 8.34. The van der Waals surface area contributed by atoms with Gasteiger partial charge in [-0.25, -0.2) is 9.97 Å². The summed E-state index contributed by atoms with van der Waals surface area (Å²) >= 11 is 0. The average Bonchev–Trinajstić information content (AvgIpc) is 2.94. The van der Waals surface area contributed by atoms with Crippen molar-refractivity contribution in [1.82, 2.24) is 24.6 Å². The number of rotatable bonds is 3. The van der Waals surface area contributed by atoms with Gasteiger partial charge < -0.3 is 15.5 Å². The van der Waals surface area contributed by atoms with Gasteiger partial charge in [0.25, 0.3) is 0 Å². The Morgan fingerprint density at radius 2 is 1.88 bits per heavy atom. The van der Waals surface area contributed by atoms with E-state index in [0.29, 0.717) is 13.1 Å². The largest absolute Gasteiger partial charge is 0.352 e. The molecule has 24 heavy (non-hydrogen) atoms. The van der Waals surface area contributed by atoms with Crippen LogP contribution in [0.5, 0.6) is 0 Å². The quantitative estimate of drug-likeness (QED) is 0.870. The highest BCUT2D eigenvalue weighted by atomic mass is 16.2. The Balaban J connectivity index is 1.77. The van der Waals surface area contributed by atoms with Crippen molar-refractivity contribution in [1.29, 1.82) is 0 Å². The van der Waals surface area contributed by atoms with E-state index >= 15 is 0 Å². The second-order valence-corrected chi connectivity index (χ2v) is 6.68. The summed E-state index contributed by atoms with van der Waals surface area (Å²) in [4.78, 5) is 25.5. The minimum absolute atomic E-state index is 0.0371. The lowest BCUT2D eigenvalue weighted by Gasteiger charge is -2.37. The van der Waals surface area contributed by atoms with Crippen molar-refractivity contribution in [2.45, 2.75) is 26.8 Å². The predicted molar refractivity (Wildman–Crippen MR) is 92.6 cm³/mol. The van der Waals surface area contributed by atoms with Gasteiger partial charge in [-0.15, -0.1) is 0 Å². The zero-order valence-electron chi connectivity index (χ0n) is 14.7. The molecular formula is C16H25N7O. The van der Waals surface area contributed by atoms with Crippen LogP contribution in [0, 0.1) is 12.8 Å². The summed E-state index contributed by atoms with van der Waals surface area (Å²) in [7, 11) is 1.88. The first kappa shape index (κ1) is 16.6. The van der Waals surface area contributed by atoms with Gasteiger partial charge in [0, 0.05) is 33.2 Å². The monoisotopic (exact) mass is 331 g/mol. The van der Waals surface area contributed by atoms with Crippen LogP contribution in [-0.4, -0.2) is 62.8 Å². The van der Waals surface area contributed by atoms with Gasteiger partial charge in [0.05, 0.1) is 17.6 Å². The van der Waals surface area contributed by atoms with E-state index in [0.717, 1.165) is 35.8 Å². The normalized spacial score (nSPS) is 16.9. The standard InChI is InChI=1S/C16H25N7O/c1-10(2)13(17)16(24)23-7-5-22(6-8-23)15-12-9-18-21(4)14(12)19-11(3)20-15/h9-10,13H,5-8,17H2,1-4H3/t13-/m0/s1. The molecule has 2 aromatic heterocycles. The summed E-state index contributed by atoms with van der Waals surface area (Å²) in [6, 6.07) is -0.428. The molecule has 2 aromatic rings. The molecule has 0 radical (unpaired) electrons. The Bertz CT molecular complexity index is 746. The Morgan fingerprint density at radius 3 is 2.50 bits per heavy atom. The summed E-state index contributed by atoms with van der Waals surface area (Å²) < 4.78 is 1.76. The second-order valence-electron chi connectivity index (χ2n) is 6.68. The zero-order chi connectivity index (χ0) is 17.4. The van der Waals surface area contributed by atoms with E-state index in [2.05, 4.69) is 20.0 Å². The first-order chi connectivity index (χ1) is 11.4. The summed E-state index contributed by atoms with van der Waals surface area (Å²) in [5, 5.41) is 5.23. The van der Waals surface area contributed by atoms with Crippen molar-refractivity contribution in [2.24, 2.45) is 18.7 Å². The number of aryl methyl sites for hydroxylation is 2. The number of fused-ring (bicyclic) bond motifs is 1. The highest BCUT2D eigenvalue weighted by molar-refractivity contribution is 5.87. The number of amides is 1. The highest BCUT2D eigenvalue weighted by Crippen LogP contribution is 2.24. The molecule has 130 valence electrons. The van der Waals surface area contributed by atoms with E-state index in [1.807, 2.05) is 32.7 Å². The van der Waals surface area contributed by atoms with Gasteiger partial charge in [-0.1, -0.05) is 13.8 Å². The van der Waals surface area contributed by atoms with Gasteiger partial charge in [-0.05, 0) is 12.8 Å². The van der Waals surface area contributed by atoms with Crippen molar-refractivity contribution in [3.05, 3.63) is 12.0 Å². The zero-order valence-corrected chi connectivity index (χ0v) is 14.7. The molecular weight excluding hydrogens is 306 g/mol. The minimum Gasteiger partial charge on any atom is -0.352 e. The van der Waals surface area contributed by atoms with Crippen molar-refractivity contribution < 1.29 is 4.79 Å². The maximum atomic E-state index is 12.4. The molecule has 0 saturated carbocycles. The van der Waals surface area contributed by atoms with E-state index in [4.69, 9.17) is 5.73 Å². The topological polar surface area (TPSA) is 93.2 Å². The van der Waals surface area contributed by atoms with Crippen LogP contribution in [0.4, 0.5) is 5.82 Å². The summed E-state index contributed by atoms with van der Waals surface area (Å²) in [5.41, 5.74) is 6.83. The molecule has 1 fully saturated rings. The Hall–Kier alpha value is -2.22. The fourth-order valence-corrected chi connectivity index (χ4v) is 2.99. The number of piperazine rings is 1. The van der Waals surface area contributed by atoms with E-state index in [-0.39, 0.29) is 11.8 Å². The van der Waals surface area contributed by atoms with Crippen molar-refractivity contribution in [3.8, 4) is 0 Å². The summed E-state index contributed by atoms with van der Waals surface area (Å²) in [6.07, 6.45) is 1.80. The smallest absolute Gasteiger partial charge is 0.239 e. The Kier molecular flexibility index (Phi) is 4.40. The molecule has 3 rings (SSSR count). The number of hydrogen-bond acceptors (Lipinski definition) is 6. The van der Waals surface area contributed by atoms with Crippen LogP contribution in [0.2, 0.25) is 0 Å². The molecule has 0 unspecified atom stereocenters. The lowest BCUT2D eigenvalue weighted by atomic mass is 10.0. The fourth-order valence-electron chi connectivity index (χ4n) is 2.99. The SMILES string of the molecule is Cc1nc(N2CCN(C(=O)[C@@H](N)C(C)C)CC2)c2cnn(C)c2n1. The third kappa shape index (κ3) is 2.93. The van der Waals surface area contributed by atoms with Crippen LogP contribution in [0.1, 0.15) is 19.7 Å². The molecule has 2 N–H and O–H groups in total. The molecule has 1 atom stereocenters. The number of carbonyl (C=O) groups excluding carboxylic acids is 1. The molecule has 0 bridgehead atoms. The first-order valence-electron chi connectivity index (χ1n) is 8.34. The summed E-state index contributed by atoms with van der Waals surface area (Å²) in [5.74, 6) is 1.80. The molecule has 0 aliphatic carbocycles. The number of carbonyl (C=O) groups is 1. The van der Waals surface area contributed by atoms with Crippen molar-refractivity contribution in [2.75, 3.05) is 31.1 Å². The van der Waals surface area contributed by atoms with Gasteiger partial charge in [0.1, 0.15) is 11.6 Å². The van der Waals surface area contributed by atoms with Crippen molar-refractivity contribution in [3.63, 3.8) is 0 Å². The van der Waals surface area contributed by atoms with Crippen LogP contribution in [-0.2, 0) is 11.8 Å². The van der Waals surface area contributed by atoms with Gasteiger partial charge in [0.2, 0.25) is 5.91 Å². The predicted octanol–water partition coefficient (Wildman–Crippen LogP) is 0.304. The molecule has 8 heteroatoms. The lowest BCUT2D eigenvalue weighted by Crippen LogP contribution is -2.54. The maximum absolute atomic E-state index is 12.4. The molecule has 3 heterocycles. The van der Waals surface area contributed by atoms with E-state index in [1.165, 1.54) is 0 Å². The van der Waals surface area contributed by atoms with Crippen molar-refractivity contribution >= 4 is 22.8 Å². The van der Waals surface area contributed by atoms with E-state index < -0.39 is 6.04 Å². The third-order valence-electron chi connectivity index (χ3n) is 4.58. The third-order valence-corrected chi connectivity index (χ3v) is 4.58. The van der Waals surface area contributed by atoms with Gasteiger partial charge in [0.15, 0.2) is 5.65 Å². The van der Waals surface area contributed by atoms with Crippen LogP contribution < -0.4 is 10.6 Å². The Labute approximate surface area is 141 Å². The van der Waals surface area contributed by atoms with Crippen LogP contribution in [0.15, 0.2) is 6.20 Å². The fraction of sp³-hybridized carbons (Fsp3) is 0.625. The highest BCUT2D eigenvalue weighted by Gasteiger charge is 2.28. The van der Waals surface area contributed by atoms with E-state index in [9.17, 15) is 4.79 Å². The van der Waals surface area contributed by atoms with Crippen LogP contribution in [0.3, 0.4) is 0 Å². The number of anilines is 1. The van der Waals surface area contributed by atoms with Gasteiger partial charge >= 0.3 is 0 Å².